The van der Waals surface area contributed by atoms with Gasteiger partial charge in [-0.15, -0.1) is 0 Å². The first-order chi connectivity index (χ1) is 23.8. The molecule has 3 aliphatic heterocycles. The van der Waals surface area contributed by atoms with Gasteiger partial charge in [-0.3, -0.25) is 9.59 Å². The van der Waals surface area contributed by atoms with Gasteiger partial charge in [0.2, 0.25) is 5.91 Å². The first kappa shape index (κ1) is 38.9. The lowest BCUT2D eigenvalue weighted by Gasteiger charge is -2.40. The molecule has 1 aliphatic carbocycles. The van der Waals surface area contributed by atoms with E-state index in [1.807, 2.05) is 4.90 Å². The number of alkyl halides is 9. The first-order valence-electron chi connectivity index (χ1n) is 17.1. The molecule has 1 saturated carbocycles. The molecule has 0 spiro atoms. The van der Waals surface area contributed by atoms with Crippen LogP contribution in [-0.4, -0.2) is 66.2 Å². The number of carbonyl (C=O) groups excluding carboxylic acids is 2. The molecule has 282 valence electrons. The number of benzene rings is 2. The van der Waals surface area contributed by atoms with E-state index in [4.69, 9.17) is 4.74 Å². The van der Waals surface area contributed by atoms with Gasteiger partial charge >= 0.3 is 24.4 Å². The Morgan fingerprint density at radius 1 is 0.745 bits per heavy atom. The molecule has 6 rings (SSSR count). The molecule has 2 amide bonds. The number of rotatable bonds is 4. The number of fused-ring (bicyclic) bond motifs is 2. The molecule has 2 fully saturated rings. The third-order valence-electron chi connectivity index (χ3n) is 10.7. The molecule has 51 heavy (non-hydrogen) atoms. The van der Waals surface area contributed by atoms with Crippen LogP contribution in [0.3, 0.4) is 0 Å². The van der Waals surface area contributed by atoms with Crippen LogP contribution in [0.1, 0.15) is 79.3 Å². The van der Waals surface area contributed by atoms with E-state index in [1.54, 1.807) is 6.07 Å². The molecule has 2 atom stereocenters. The van der Waals surface area contributed by atoms with Crippen molar-refractivity contribution in [1.82, 2.24) is 15.1 Å². The van der Waals surface area contributed by atoms with Gasteiger partial charge in [0, 0.05) is 51.5 Å². The van der Waals surface area contributed by atoms with Gasteiger partial charge < -0.3 is 19.9 Å². The zero-order valence-corrected chi connectivity index (χ0v) is 28.4. The minimum Gasteiger partial charge on any atom is -0.381 e. The number of carbonyl (C=O) groups is 2. The zero-order valence-electron chi connectivity index (χ0n) is 28.4. The number of nitrogens with zero attached hydrogens (tertiary/aromatic N) is 2. The number of hydrogen-bond donors (Lipinski definition) is 1. The SMILES string of the molecule is CC(C)[C@]1(C(=O)N2CCc3cc(C(F)(F)F)ccc3C2)CCC(NC2CCOCC2)C1.O=C(N1CCc2cc(C(F)(F)F)ccc2C1)C(F)(F)F. The summed E-state index contributed by atoms with van der Waals surface area (Å²) in [6.45, 7) is 6.16. The van der Waals surface area contributed by atoms with Gasteiger partial charge in [0.15, 0.2) is 0 Å². The Labute approximate surface area is 290 Å². The van der Waals surface area contributed by atoms with Crippen LogP contribution in [0.5, 0.6) is 0 Å². The Bertz CT molecular complexity index is 1570. The van der Waals surface area contributed by atoms with Crippen molar-refractivity contribution in [2.75, 3.05) is 26.3 Å². The van der Waals surface area contributed by atoms with E-state index in [2.05, 4.69) is 19.2 Å². The lowest BCUT2D eigenvalue weighted by molar-refractivity contribution is -0.186. The monoisotopic (exact) mass is 735 g/mol. The molecule has 3 heterocycles. The number of halogens is 9. The van der Waals surface area contributed by atoms with Crippen molar-refractivity contribution in [2.45, 2.75) is 102 Å². The maximum atomic E-state index is 13.7. The lowest BCUT2D eigenvalue weighted by atomic mass is 9.73. The lowest BCUT2D eigenvalue weighted by Crippen LogP contribution is -2.48. The van der Waals surface area contributed by atoms with E-state index in [-0.39, 0.29) is 31.3 Å². The Morgan fingerprint density at radius 2 is 1.25 bits per heavy atom. The van der Waals surface area contributed by atoms with Crippen LogP contribution >= 0.6 is 0 Å². The molecule has 1 N–H and O–H groups in total. The maximum absolute atomic E-state index is 13.7. The number of nitrogens with one attached hydrogen (secondary N) is 1. The van der Waals surface area contributed by atoms with E-state index in [0.717, 1.165) is 75.1 Å². The summed E-state index contributed by atoms with van der Waals surface area (Å²) >= 11 is 0. The second-order valence-corrected chi connectivity index (χ2v) is 14.2. The summed E-state index contributed by atoms with van der Waals surface area (Å²) in [5.41, 5.74) is 0.332. The zero-order chi connectivity index (χ0) is 37.4. The molecule has 0 bridgehead atoms. The van der Waals surface area contributed by atoms with Gasteiger partial charge in [0.25, 0.3) is 0 Å². The van der Waals surface area contributed by atoms with Crippen molar-refractivity contribution in [2.24, 2.45) is 11.3 Å². The molecule has 6 nitrogen and oxygen atoms in total. The second-order valence-electron chi connectivity index (χ2n) is 14.2. The maximum Gasteiger partial charge on any atom is 0.471 e. The molecular formula is C36H42F9N3O3. The van der Waals surface area contributed by atoms with E-state index < -0.39 is 41.0 Å². The topological polar surface area (TPSA) is 61.9 Å². The molecule has 1 unspecified atom stereocenters. The van der Waals surface area contributed by atoms with Gasteiger partial charge in [-0.2, -0.15) is 39.5 Å². The van der Waals surface area contributed by atoms with Crippen LogP contribution in [0.4, 0.5) is 39.5 Å². The minimum atomic E-state index is -4.97. The fourth-order valence-corrected chi connectivity index (χ4v) is 7.68. The van der Waals surface area contributed by atoms with Crippen LogP contribution in [0.15, 0.2) is 36.4 Å². The van der Waals surface area contributed by atoms with Crippen LogP contribution in [0.25, 0.3) is 0 Å². The predicted octanol–water partition coefficient (Wildman–Crippen LogP) is 7.71. The number of hydrogen-bond acceptors (Lipinski definition) is 4. The quantitative estimate of drug-likeness (QED) is 0.327. The van der Waals surface area contributed by atoms with E-state index >= 15 is 0 Å². The number of ether oxygens (including phenoxy) is 1. The highest BCUT2D eigenvalue weighted by Crippen LogP contribution is 2.47. The highest BCUT2D eigenvalue weighted by Gasteiger charge is 2.50. The summed E-state index contributed by atoms with van der Waals surface area (Å²) in [7, 11) is 0. The Hall–Kier alpha value is -3.33. The standard InChI is InChI=1S/C24H33F3N2O2.C12H9F6NO/c1-16(2)23(9-5-21(14-23)28-20-7-11-31-12-8-20)22(30)29-10-6-17-13-19(24(25,26)27)4-3-18(17)15-29;13-11(14,15)9-2-1-8-6-19(4-3-7(8)5-9)10(20)12(16,17)18/h3-4,13,16,20-21,28H,5-12,14-15H2,1-2H3;1-2,5H,3-4,6H2/t21?,23-;/m0./s1. The van der Waals surface area contributed by atoms with Crippen molar-refractivity contribution in [3.05, 3.63) is 69.8 Å². The summed E-state index contributed by atoms with van der Waals surface area (Å²) < 4.78 is 119. The summed E-state index contributed by atoms with van der Waals surface area (Å²) in [6.07, 6.45) is -8.64. The fourth-order valence-electron chi connectivity index (χ4n) is 7.68. The van der Waals surface area contributed by atoms with E-state index in [0.29, 0.717) is 53.2 Å². The summed E-state index contributed by atoms with van der Waals surface area (Å²) in [5, 5.41) is 3.76. The van der Waals surface area contributed by atoms with Crippen LogP contribution in [-0.2, 0) is 52.6 Å². The van der Waals surface area contributed by atoms with E-state index in [9.17, 15) is 49.1 Å². The Morgan fingerprint density at radius 3 is 1.75 bits per heavy atom. The molecule has 2 aromatic rings. The van der Waals surface area contributed by atoms with Crippen LogP contribution < -0.4 is 5.32 Å². The Balaban J connectivity index is 0.000000218. The molecule has 2 aromatic carbocycles. The molecule has 0 aromatic heterocycles. The van der Waals surface area contributed by atoms with Crippen LogP contribution in [0.2, 0.25) is 0 Å². The van der Waals surface area contributed by atoms with Gasteiger partial charge in [-0.25, -0.2) is 0 Å². The van der Waals surface area contributed by atoms with Crippen molar-refractivity contribution >= 4 is 11.8 Å². The predicted molar refractivity (Wildman–Crippen MR) is 169 cm³/mol. The highest BCUT2D eigenvalue weighted by atomic mass is 19.4. The van der Waals surface area contributed by atoms with Crippen molar-refractivity contribution in [3.63, 3.8) is 0 Å². The molecule has 0 radical (unpaired) electrons. The van der Waals surface area contributed by atoms with Crippen molar-refractivity contribution in [1.29, 1.82) is 0 Å². The summed E-state index contributed by atoms with van der Waals surface area (Å²) in [6, 6.07) is 7.57. The average Bonchev–Trinajstić information content (AvgIpc) is 3.51. The fraction of sp³-hybridized carbons (Fsp3) is 0.611. The summed E-state index contributed by atoms with van der Waals surface area (Å²) in [5.74, 6) is -1.58. The smallest absolute Gasteiger partial charge is 0.381 e. The highest BCUT2D eigenvalue weighted by molar-refractivity contribution is 5.84. The first-order valence-corrected chi connectivity index (χ1v) is 17.1. The van der Waals surface area contributed by atoms with Gasteiger partial charge in [0.05, 0.1) is 16.5 Å². The molecular weight excluding hydrogens is 693 g/mol. The van der Waals surface area contributed by atoms with Gasteiger partial charge in [-0.05, 0) is 97.4 Å². The van der Waals surface area contributed by atoms with Crippen molar-refractivity contribution in [3.8, 4) is 0 Å². The molecule has 4 aliphatic rings. The third-order valence-corrected chi connectivity index (χ3v) is 10.7. The summed E-state index contributed by atoms with van der Waals surface area (Å²) in [4.78, 5) is 27.3. The van der Waals surface area contributed by atoms with Crippen molar-refractivity contribution < 1.29 is 53.8 Å². The third kappa shape index (κ3) is 9.01. The average molecular weight is 736 g/mol. The minimum absolute atomic E-state index is 0.0267. The van der Waals surface area contributed by atoms with E-state index in [1.165, 1.54) is 6.07 Å². The largest absolute Gasteiger partial charge is 0.471 e. The van der Waals surface area contributed by atoms with Crippen LogP contribution in [0, 0.1) is 11.3 Å². The normalized spacial score (nSPS) is 23.0. The molecule has 1 saturated heterocycles. The number of amides is 2. The van der Waals surface area contributed by atoms with Gasteiger partial charge in [-0.1, -0.05) is 26.0 Å². The second kappa shape index (κ2) is 15.0. The molecule has 15 heteroatoms. The Kier molecular flexibility index (Phi) is 11.4. The van der Waals surface area contributed by atoms with Gasteiger partial charge in [0.1, 0.15) is 0 Å².